The van der Waals surface area contributed by atoms with E-state index in [1.165, 1.54) is 6.26 Å². The molecule has 3 N–H and O–H groups in total. The van der Waals surface area contributed by atoms with E-state index in [0.717, 1.165) is 25.4 Å². The summed E-state index contributed by atoms with van der Waals surface area (Å²) in [5.41, 5.74) is 2.51. The van der Waals surface area contributed by atoms with Crippen LogP contribution in [-0.2, 0) is 11.3 Å². The van der Waals surface area contributed by atoms with Crippen molar-refractivity contribution in [2.24, 2.45) is 5.84 Å². The van der Waals surface area contributed by atoms with Crippen LogP contribution in [0.3, 0.4) is 0 Å². The third-order valence-electron chi connectivity index (χ3n) is 2.98. The van der Waals surface area contributed by atoms with E-state index in [2.05, 4.69) is 10.3 Å². The summed E-state index contributed by atoms with van der Waals surface area (Å²) in [4.78, 5) is 13.4. The molecule has 1 aliphatic heterocycles. The maximum Gasteiger partial charge on any atom is 0.268 e. The molecule has 94 valence electrons. The molecule has 0 radical (unpaired) electrons. The molecule has 0 bridgehead atoms. The summed E-state index contributed by atoms with van der Waals surface area (Å²) in [6.45, 7) is 2.23. The Morgan fingerprint density at radius 1 is 1.71 bits per heavy atom. The van der Waals surface area contributed by atoms with Gasteiger partial charge in [-0.25, -0.2) is 5.84 Å². The van der Waals surface area contributed by atoms with E-state index >= 15 is 0 Å². The molecule has 0 aliphatic carbocycles. The van der Waals surface area contributed by atoms with Gasteiger partial charge in [-0.05, 0) is 19.5 Å². The summed E-state index contributed by atoms with van der Waals surface area (Å²) < 4.78 is 10.6. The standard InChI is InChI=1S/C11H17N3O3/c1-14(9-2-3-16-7-9)5-10-4-8(6-17-10)11(15)13-12/h4,6,9H,2-3,5,7,12H2,1H3,(H,13,15). The second-order valence-corrected chi connectivity index (χ2v) is 4.21. The lowest BCUT2D eigenvalue weighted by atomic mass is 10.2. The van der Waals surface area contributed by atoms with Crippen molar-refractivity contribution in [1.82, 2.24) is 10.3 Å². The lowest BCUT2D eigenvalue weighted by molar-refractivity contribution is 0.0953. The maximum absolute atomic E-state index is 11.2. The highest BCUT2D eigenvalue weighted by Crippen LogP contribution is 2.15. The van der Waals surface area contributed by atoms with Crippen molar-refractivity contribution >= 4 is 5.91 Å². The molecule has 0 aromatic carbocycles. The zero-order valence-corrected chi connectivity index (χ0v) is 9.81. The fraction of sp³-hybridized carbons (Fsp3) is 0.545. The molecular formula is C11H17N3O3. The number of nitrogens with zero attached hydrogens (tertiary/aromatic N) is 1. The van der Waals surface area contributed by atoms with Gasteiger partial charge in [-0.1, -0.05) is 0 Å². The first-order chi connectivity index (χ1) is 8.20. The maximum atomic E-state index is 11.2. The Morgan fingerprint density at radius 2 is 2.53 bits per heavy atom. The molecule has 1 unspecified atom stereocenters. The van der Waals surface area contributed by atoms with Crippen molar-refractivity contribution in [3.8, 4) is 0 Å². The van der Waals surface area contributed by atoms with Crippen LogP contribution in [0.2, 0.25) is 0 Å². The zero-order chi connectivity index (χ0) is 12.3. The number of hydrogen-bond donors (Lipinski definition) is 2. The Morgan fingerprint density at radius 3 is 3.18 bits per heavy atom. The minimum atomic E-state index is -0.341. The molecule has 2 rings (SSSR count). The first-order valence-electron chi connectivity index (χ1n) is 5.57. The van der Waals surface area contributed by atoms with Gasteiger partial charge in [0.15, 0.2) is 0 Å². The van der Waals surface area contributed by atoms with Crippen LogP contribution < -0.4 is 11.3 Å². The third-order valence-corrected chi connectivity index (χ3v) is 2.98. The Bertz CT molecular complexity index is 385. The predicted molar refractivity (Wildman–Crippen MR) is 61.1 cm³/mol. The Kier molecular flexibility index (Phi) is 3.78. The molecule has 0 saturated carbocycles. The van der Waals surface area contributed by atoms with Crippen LogP contribution in [0.1, 0.15) is 22.5 Å². The fourth-order valence-electron chi connectivity index (χ4n) is 1.91. The van der Waals surface area contributed by atoms with Crippen molar-refractivity contribution < 1.29 is 13.9 Å². The molecule has 1 saturated heterocycles. The monoisotopic (exact) mass is 239 g/mol. The van der Waals surface area contributed by atoms with Gasteiger partial charge in [0.25, 0.3) is 5.91 Å². The van der Waals surface area contributed by atoms with E-state index in [4.69, 9.17) is 15.0 Å². The number of nitrogen functional groups attached to an aromatic ring is 1. The van der Waals surface area contributed by atoms with Gasteiger partial charge in [0.05, 0.1) is 18.7 Å². The van der Waals surface area contributed by atoms with Crippen molar-refractivity contribution in [3.05, 3.63) is 23.7 Å². The average Bonchev–Trinajstić information content (AvgIpc) is 2.98. The summed E-state index contributed by atoms with van der Waals surface area (Å²) in [7, 11) is 2.02. The summed E-state index contributed by atoms with van der Waals surface area (Å²) >= 11 is 0. The number of nitrogens with one attached hydrogen (secondary N) is 1. The lowest BCUT2D eigenvalue weighted by Gasteiger charge is -2.21. The molecule has 1 aliphatic rings. The van der Waals surface area contributed by atoms with Gasteiger partial charge in [-0.2, -0.15) is 0 Å². The molecule has 1 aromatic heterocycles. The number of hydrogen-bond acceptors (Lipinski definition) is 5. The molecular weight excluding hydrogens is 222 g/mol. The van der Waals surface area contributed by atoms with Gasteiger partial charge in [-0.3, -0.25) is 15.1 Å². The van der Waals surface area contributed by atoms with E-state index in [-0.39, 0.29) is 5.91 Å². The van der Waals surface area contributed by atoms with Crippen LogP contribution in [0.15, 0.2) is 16.7 Å². The number of carbonyl (C=O) groups is 1. The highest BCUT2D eigenvalue weighted by atomic mass is 16.5. The van der Waals surface area contributed by atoms with E-state index in [9.17, 15) is 4.79 Å². The topological polar surface area (TPSA) is 80.7 Å². The fourth-order valence-corrected chi connectivity index (χ4v) is 1.91. The summed E-state index contributed by atoms with van der Waals surface area (Å²) in [6.07, 6.45) is 2.45. The van der Waals surface area contributed by atoms with Crippen LogP contribution in [0.4, 0.5) is 0 Å². The number of carbonyl (C=O) groups excluding carboxylic acids is 1. The Balaban J connectivity index is 1.94. The summed E-state index contributed by atoms with van der Waals surface area (Å²) in [6, 6.07) is 2.13. The van der Waals surface area contributed by atoms with E-state index in [0.29, 0.717) is 18.2 Å². The summed E-state index contributed by atoms with van der Waals surface area (Å²) in [5.74, 6) is 5.45. The number of hydrazine groups is 1. The van der Waals surface area contributed by atoms with Gasteiger partial charge < -0.3 is 9.15 Å². The van der Waals surface area contributed by atoms with Gasteiger partial charge >= 0.3 is 0 Å². The number of nitrogens with two attached hydrogens (primary N) is 1. The zero-order valence-electron chi connectivity index (χ0n) is 9.81. The number of furan rings is 1. The first-order valence-corrected chi connectivity index (χ1v) is 5.57. The van der Waals surface area contributed by atoms with Gasteiger partial charge in [-0.15, -0.1) is 0 Å². The summed E-state index contributed by atoms with van der Waals surface area (Å²) in [5, 5.41) is 0. The number of ether oxygens (including phenoxy) is 1. The van der Waals surface area contributed by atoms with Crippen molar-refractivity contribution in [1.29, 1.82) is 0 Å². The molecule has 6 nitrogen and oxygen atoms in total. The average molecular weight is 239 g/mol. The van der Waals surface area contributed by atoms with E-state index < -0.39 is 0 Å². The Hall–Kier alpha value is -1.37. The quantitative estimate of drug-likeness (QED) is 0.442. The van der Waals surface area contributed by atoms with Crippen LogP contribution in [-0.4, -0.2) is 37.1 Å². The Labute approximate surface area is 99.7 Å². The van der Waals surface area contributed by atoms with Crippen molar-refractivity contribution in [3.63, 3.8) is 0 Å². The van der Waals surface area contributed by atoms with Crippen molar-refractivity contribution in [2.45, 2.75) is 19.0 Å². The molecule has 1 atom stereocenters. The highest BCUT2D eigenvalue weighted by molar-refractivity contribution is 5.93. The third kappa shape index (κ3) is 2.85. The normalized spacial score (nSPS) is 19.8. The van der Waals surface area contributed by atoms with Crippen LogP contribution in [0.5, 0.6) is 0 Å². The minimum absolute atomic E-state index is 0.341. The predicted octanol–water partition coefficient (Wildman–Crippen LogP) is 0.104. The van der Waals surface area contributed by atoms with Gasteiger partial charge in [0.1, 0.15) is 12.0 Å². The van der Waals surface area contributed by atoms with Crippen LogP contribution in [0.25, 0.3) is 0 Å². The van der Waals surface area contributed by atoms with Crippen molar-refractivity contribution in [2.75, 3.05) is 20.3 Å². The van der Waals surface area contributed by atoms with E-state index in [1.54, 1.807) is 6.07 Å². The minimum Gasteiger partial charge on any atom is -0.467 e. The lowest BCUT2D eigenvalue weighted by Crippen LogP contribution is -2.31. The highest BCUT2D eigenvalue weighted by Gasteiger charge is 2.21. The van der Waals surface area contributed by atoms with Gasteiger partial charge in [0.2, 0.25) is 0 Å². The smallest absolute Gasteiger partial charge is 0.268 e. The number of amides is 1. The molecule has 1 amide bonds. The molecule has 2 heterocycles. The second kappa shape index (κ2) is 5.31. The number of rotatable bonds is 4. The van der Waals surface area contributed by atoms with Gasteiger partial charge in [0, 0.05) is 12.6 Å². The van der Waals surface area contributed by atoms with E-state index in [1.807, 2.05) is 7.05 Å². The molecule has 0 spiro atoms. The molecule has 1 fully saturated rings. The number of likely N-dealkylation sites (N-methyl/N-ethyl adjacent to an activating group) is 1. The molecule has 6 heteroatoms. The first kappa shape index (κ1) is 12.1. The second-order valence-electron chi connectivity index (χ2n) is 4.21. The van der Waals surface area contributed by atoms with Crippen LogP contribution in [0, 0.1) is 0 Å². The largest absolute Gasteiger partial charge is 0.467 e. The van der Waals surface area contributed by atoms with Crippen LogP contribution >= 0.6 is 0 Å². The molecule has 1 aromatic rings. The molecule has 17 heavy (non-hydrogen) atoms. The SMILES string of the molecule is CN(Cc1cc(C(=O)NN)co1)C1CCOC1.